The molecule has 0 atom stereocenters. The minimum atomic E-state index is -1.49. The van der Waals surface area contributed by atoms with Crippen molar-refractivity contribution >= 4 is 29.6 Å². The molecule has 0 unspecified atom stereocenters. The van der Waals surface area contributed by atoms with Gasteiger partial charge in [0.1, 0.15) is 0 Å². The highest BCUT2D eigenvalue weighted by Crippen LogP contribution is 2.34. The molecule has 0 amide bonds. The molecule has 0 aliphatic heterocycles. The lowest BCUT2D eigenvalue weighted by Crippen LogP contribution is -2.31. The van der Waals surface area contributed by atoms with E-state index in [1.807, 2.05) is 72.8 Å². The van der Waals surface area contributed by atoms with E-state index in [2.05, 4.69) is 24.8 Å². The molecule has 25 heavy (non-hydrogen) atoms. The Labute approximate surface area is 149 Å². The molecule has 0 heterocycles. The Morgan fingerprint density at radius 1 is 0.720 bits per heavy atom. The molecule has 0 saturated heterocycles. The Hall–Kier alpha value is -2.56. The van der Waals surface area contributed by atoms with E-state index < -0.39 is 7.12 Å². The quantitative estimate of drug-likeness (QED) is 0.696. The molecule has 3 rings (SSSR count). The first-order valence-corrected chi connectivity index (χ1v) is 8.47. The van der Waals surface area contributed by atoms with Gasteiger partial charge in [-0.05, 0) is 53.3 Å². The topological polar surface area (TPSA) is 43.7 Å². The number of anilines is 3. The molecule has 3 nitrogen and oxygen atoms in total. The van der Waals surface area contributed by atoms with Gasteiger partial charge in [0.2, 0.25) is 0 Å². The first-order valence-electron chi connectivity index (χ1n) is 8.47. The summed E-state index contributed by atoms with van der Waals surface area (Å²) in [5.74, 6) is 0.283. The van der Waals surface area contributed by atoms with Gasteiger partial charge in [0.25, 0.3) is 0 Å². The van der Waals surface area contributed by atoms with E-state index in [9.17, 15) is 10.0 Å². The van der Waals surface area contributed by atoms with Crippen LogP contribution in [0, 0.1) is 0 Å². The predicted molar refractivity (Wildman–Crippen MR) is 105 cm³/mol. The highest BCUT2D eigenvalue weighted by molar-refractivity contribution is 6.58. The monoisotopic (exact) mass is 331 g/mol. The Morgan fingerprint density at radius 3 is 1.68 bits per heavy atom. The molecule has 4 heteroatoms. The number of hydrogen-bond acceptors (Lipinski definition) is 3. The molecular formula is C21H22BNO2. The fraction of sp³-hybridized carbons (Fsp3) is 0.143. The third-order valence-corrected chi connectivity index (χ3v) is 4.21. The minimum Gasteiger partial charge on any atom is -0.423 e. The van der Waals surface area contributed by atoms with Gasteiger partial charge in [-0.1, -0.05) is 56.3 Å². The summed E-state index contributed by atoms with van der Waals surface area (Å²) in [4.78, 5) is 2.12. The lowest BCUT2D eigenvalue weighted by molar-refractivity contribution is 0.425. The lowest BCUT2D eigenvalue weighted by Gasteiger charge is -2.27. The molecule has 0 fully saturated rings. The van der Waals surface area contributed by atoms with Gasteiger partial charge >= 0.3 is 7.12 Å². The summed E-state index contributed by atoms with van der Waals surface area (Å²) in [7, 11) is -1.49. The second-order valence-electron chi connectivity index (χ2n) is 6.39. The SMILES string of the molecule is CC(C)c1cc(B(O)O)cc(N(c2ccccc2)c2ccccc2)c1. The van der Waals surface area contributed by atoms with Gasteiger partial charge in [-0.25, -0.2) is 0 Å². The van der Waals surface area contributed by atoms with E-state index >= 15 is 0 Å². The summed E-state index contributed by atoms with van der Waals surface area (Å²) < 4.78 is 0. The van der Waals surface area contributed by atoms with Crippen LogP contribution in [0.2, 0.25) is 0 Å². The normalized spacial score (nSPS) is 10.8. The van der Waals surface area contributed by atoms with Crippen LogP contribution in [0.25, 0.3) is 0 Å². The van der Waals surface area contributed by atoms with E-state index in [1.165, 1.54) is 0 Å². The van der Waals surface area contributed by atoms with Crippen molar-refractivity contribution in [2.45, 2.75) is 19.8 Å². The van der Waals surface area contributed by atoms with Crippen molar-refractivity contribution in [1.82, 2.24) is 0 Å². The maximum absolute atomic E-state index is 9.71. The average Bonchev–Trinajstić information content (AvgIpc) is 2.63. The predicted octanol–water partition coefficient (Wildman–Crippen LogP) is 3.96. The van der Waals surface area contributed by atoms with Gasteiger partial charge in [-0.3, -0.25) is 0 Å². The molecule has 3 aromatic rings. The highest BCUT2D eigenvalue weighted by Gasteiger charge is 2.18. The van der Waals surface area contributed by atoms with Crippen LogP contribution >= 0.6 is 0 Å². The average molecular weight is 331 g/mol. The Balaban J connectivity index is 2.20. The van der Waals surface area contributed by atoms with E-state index in [4.69, 9.17) is 0 Å². The Bertz CT molecular complexity index is 754. The summed E-state index contributed by atoms with van der Waals surface area (Å²) in [6, 6.07) is 25.9. The minimum absolute atomic E-state index is 0.283. The van der Waals surface area contributed by atoms with E-state index in [1.54, 1.807) is 0 Å². The smallest absolute Gasteiger partial charge is 0.423 e. The van der Waals surface area contributed by atoms with Crippen molar-refractivity contribution in [3.63, 3.8) is 0 Å². The van der Waals surface area contributed by atoms with Crippen LogP contribution in [-0.4, -0.2) is 17.2 Å². The second kappa shape index (κ2) is 7.56. The highest BCUT2D eigenvalue weighted by atomic mass is 16.4. The zero-order chi connectivity index (χ0) is 17.8. The van der Waals surface area contributed by atoms with Crippen LogP contribution in [0.5, 0.6) is 0 Å². The third-order valence-electron chi connectivity index (χ3n) is 4.21. The first-order chi connectivity index (χ1) is 12.1. The molecule has 0 aliphatic carbocycles. The van der Waals surface area contributed by atoms with Crippen molar-refractivity contribution in [3.8, 4) is 0 Å². The van der Waals surface area contributed by atoms with Crippen molar-refractivity contribution in [2.24, 2.45) is 0 Å². The maximum atomic E-state index is 9.71. The molecule has 0 saturated carbocycles. The van der Waals surface area contributed by atoms with Gasteiger partial charge < -0.3 is 14.9 Å². The van der Waals surface area contributed by atoms with Crippen LogP contribution in [-0.2, 0) is 0 Å². The largest absolute Gasteiger partial charge is 0.488 e. The molecule has 126 valence electrons. The summed E-state index contributed by atoms with van der Waals surface area (Å²) in [6.07, 6.45) is 0. The van der Waals surface area contributed by atoms with Crippen molar-refractivity contribution < 1.29 is 10.0 Å². The van der Waals surface area contributed by atoms with Crippen molar-refractivity contribution in [2.75, 3.05) is 4.90 Å². The number of benzene rings is 3. The van der Waals surface area contributed by atoms with Crippen LogP contribution in [0.1, 0.15) is 25.3 Å². The van der Waals surface area contributed by atoms with Gasteiger partial charge in [0, 0.05) is 17.1 Å². The fourth-order valence-corrected chi connectivity index (χ4v) is 2.87. The van der Waals surface area contributed by atoms with Crippen LogP contribution in [0.15, 0.2) is 78.9 Å². The fourth-order valence-electron chi connectivity index (χ4n) is 2.87. The standard InChI is InChI=1S/C21H22BNO2/c1-16(2)17-13-18(22(24)25)15-21(14-17)23(19-9-5-3-6-10-19)20-11-7-4-8-12-20/h3-16,24-25H,1-2H3. The zero-order valence-corrected chi connectivity index (χ0v) is 14.5. The molecule has 2 N–H and O–H groups in total. The van der Waals surface area contributed by atoms with Crippen molar-refractivity contribution in [1.29, 1.82) is 0 Å². The second-order valence-corrected chi connectivity index (χ2v) is 6.39. The number of nitrogens with zero attached hydrogens (tertiary/aromatic N) is 1. The summed E-state index contributed by atoms with van der Waals surface area (Å²) >= 11 is 0. The molecule has 3 aromatic carbocycles. The maximum Gasteiger partial charge on any atom is 0.488 e. The third kappa shape index (κ3) is 3.93. The van der Waals surface area contributed by atoms with Gasteiger partial charge in [-0.15, -0.1) is 0 Å². The Morgan fingerprint density at radius 2 is 1.24 bits per heavy atom. The first kappa shape index (κ1) is 17.3. The van der Waals surface area contributed by atoms with E-state index in [0.29, 0.717) is 5.46 Å². The molecular weight excluding hydrogens is 309 g/mol. The van der Waals surface area contributed by atoms with Gasteiger partial charge in [0.15, 0.2) is 0 Å². The summed E-state index contributed by atoms with van der Waals surface area (Å²) in [6.45, 7) is 4.20. The number of para-hydroxylation sites is 2. The Kier molecular flexibility index (Phi) is 5.22. The lowest BCUT2D eigenvalue weighted by atomic mass is 9.78. The van der Waals surface area contributed by atoms with Crippen LogP contribution < -0.4 is 10.4 Å². The molecule has 0 aromatic heterocycles. The molecule has 0 spiro atoms. The van der Waals surface area contributed by atoms with E-state index in [0.717, 1.165) is 22.6 Å². The van der Waals surface area contributed by atoms with Gasteiger partial charge in [-0.2, -0.15) is 0 Å². The molecule has 0 bridgehead atoms. The van der Waals surface area contributed by atoms with Gasteiger partial charge in [0.05, 0.1) is 0 Å². The number of hydrogen-bond donors (Lipinski definition) is 2. The number of rotatable bonds is 5. The summed E-state index contributed by atoms with van der Waals surface area (Å²) in [5.41, 5.74) is 4.52. The molecule has 0 aliphatic rings. The summed E-state index contributed by atoms with van der Waals surface area (Å²) in [5, 5.41) is 19.4. The van der Waals surface area contributed by atoms with Crippen LogP contribution in [0.4, 0.5) is 17.1 Å². The molecule has 0 radical (unpaired) electrons. The van der Waals surface area contributed by atoms with E-state index in [-0.39, 0.29) is 5.92 Å². The zero-order valence-electron chi connectivity index (χ0n) is 14.5. The van der Waals surface area contributed by atoms with Crippen LogP contribution in [0.3, 0.4) is 0 Å². The van der Waals surface area contributed by atoms with Crippen molar-refractivity contribution in [3.05, 3.63) is 84.4 Å².